The first kappa shape index (κ1) is 13.4. The molecule has 92 valence electrons. The lowest BCUT2D eigenvalue weighted by molar-refractivity contribution is 0.194. The summed E-state index contributed by atoms with van der Waals surface area (Å²) in [7, 11) is 1.61. The second kappa shape index (κ2) is 6.81. The van der Waals surface area contributed by atoms with Gasteiger partial charge in [-0.3, -0.25) is 0 Å². The second-order valence-electron chi connectivity index (χ2n) is 3.53. The molecule has 5 heteroatoms. The van der Waals surface area contributed by atoms with E-state index in [0.717, 1.165) is 12.8 Å². The number of ether oxygens (including phenoxy) is 1. The molecule has 0 unspecified atom stereocenters. The number of nitrogens with one attached hydrogen (secondary N) is 1. The molecule has 1 aromatic rings. The largest absolute Gasteiger partial charge is 0.385 e. The number of anilines is 1. The van der Waals surface area contributed by atoms with Crippen molar-refractivity contribution in [2.24, 2.45) is 0 Å². The van der Waals surface area contributed by atoms with Gasteiger partial charge in [0, 0.05) is 20.3 Å². The van der Waals surface area contributed by atoms with Gasteiger partial charge in [-0.1, -0.05) is 0 Å². The summed E-state index contributed by atoms with van der Waals surface area (Å²) in [6, 6.07) is 4.22. The Kier molecular flexibility index (Phi) is 5.37. The minimum Gasteiger partial charge on any atom is -0.385 e. The molecule has 17 heavy (non-hydrogen) atoms. The highest BCUT2D eigenvalue weighted by molar-refractivity contribution is 5.49. The van der Waals surface area contributed by atoms with Crippen LogP contribution in [-0.4, -0.2) is 20.3 Å². The van der Waals surface area contributed by atoms with Crippen LogP contribution in [0.25, 0.3) is 0 Å². The maximum Gasteiger partial charge on any atom is 0.183 e. The molecule has 0 aliphatic heterocycles. The zero-order valence-electron chi connectivity index (χ0n) is 9.59. The van der Waals surface area contributed by atoms with Crippen molar-refractivity contribution in [3.05, 3.63) is 29.3 Å². The summed E-state index contributed by atoms with van der Waals surface area (Å²) < 4.78 is 31.5. The molecule has 0 bridgehead atoms. The van der Waals surface area contributed by atoms with Crippen LogP contribution in [0.2, 0.25) is 0 Å². The molecule has 1 aromatic carbocycles. The monoisotopic (exact) mass is 240 g/mol. The Labute approximate surface area is 99.0 Å². The number of nitrogens with zero attached hydrogens (tertiary/aromatic N) is 1. The molecule has 0 amide bonds. The average molecular weight is 240 g/mol. The molecule has 3 nitrogen and oxygen atoms in total. The number of rotatable bonds is 6. The quantitative estimate of drug-likeness (QED) is 0.777. The predicted octanol–water partition coefficient (Wildman–Crippen LogP) is 2.67. The Bertz CT molecular complexity index is 416. The third-order valence-corrected chi connectivity index (χ3v) is 2.29. The minimum absolute atomic E-state index is 0.0823. The molecular weight excluding hydrogens is 226 g/mol. The van der Waals surface area contributed by atoms with Crippen LogP contribution in [0.5, 0.6) is 0 Å². The van der Waals surface area contributed by atoms with Crippen LogP contribution < -0.4 is 5.32 Å². The number of unbranched alkanes of at least 4 members (excludes halogenated alkanes) is 1. The summed E-state index contributed by atoms with van der Waals surface area (Å²) in [6.45, 7) is 1.18. The number of hydrogen-bond acceptors (Lipinski definition) is 3. The van der Waals surface area contributed by atoms with Crippen molar-refractivity contribution in [2.75, 3.05) is 25.6 Å². The molecule has 0 aromatic heterocycles. The highest BCUT2D eigenvalue weighted by Gasteiger charge is 2.12. The normalized spacial score (nSPS) is 10.0. The SMILES string of the molecule is COCCCCNc1ccc(C#N)c(F)c1F. The first-order chi connectivity index (χ1) is 8.20. The lowest BCUT2D eigenvalue weighted by atomic mass is 10.2. The maximum absolute atomic E-state index is 13.4. The van der Waals surface area contributed by atoms with Crippen molar-refractivity contribution >= 4 is 5.69 Å². The van der Waals surface area contributed by atoms with Gasteiger partial charge in [0.1, 0.15) is 6.07 Å². The summed E-state index contributed by atoms with van der Waals surface area (Å²) in [6.07, 6.45) is 1.65. The van der Waals surface area contributed by atoms with Crippen LogP contribution in [0.15, 0.2) is 12.1 Å². The number of hydrogen-bond donors (Lipinski definition) is 1. The molecule has 0 saturated carbocycles. The smallest absolute Gasteiger partial charge is 0.183 e. The van der Waals surface area contributed by atoms with Gasteiger partial charge in [-0.05, 0) is 25.0 Å². The van der Waals surface area contributed by atoms with Gasteiger partial charge < -0.3 is 10.1 Å². The molecule has 0 saturated heterocycles. The molecule has 1 rings (SSSR count). The summed E-state index contributed by atoms with van der Waals surface area (Å²) in [5.74, 6) is -2.11. The fourth-order valence-corrected chi connectivity index (χ4v) is 1.37. The average Bonchev–Trinajstić information content (AvgIpc) is 2.34. The molecule has 0 aliphatic rings. The first-order valence-electron chi connectivity index (χ1n) is 5.31. The lowest BCUT2D eigenvalue weighted by Crippen LogP contribution is -2.06. The van der Waals surface area contributed by atoms with E-state index in [1.54, 1.807) is 13.2 Å². The van der Waals surface area contributed by atoms with Crippen LogP contribution in [0.4, 0.5) is 14.5 Å². The summed E-state index contributed by atoms with van der Waals surface area (Å²) >= 11 is 0. The van der Waals surface area contributed by atoms with Crippen molar-refractivity contribution in [2.45, 2.75) is 12.8 Å². The van der Waals surface area contributed by atoms with Gasteiger partial charge in [0.25, 0.3) is 0 Å². The summed E-state index contributed by atoms with van der Waals surface area (Å²) in [4.78, 5) is 0. The van der Waals surface area contributed by atoms with E-state index in [0.29, 0.717) is 13.2 Å². The lowest BCUT2D eigenvalue weighted by Gasteiger charge is -2.08. The van der Waals surface area contributed by atoms with Gasteiger partial charge >= 0.3 is 0 Å². The van der Waals surface area contributed by atoms with E-state index in [9.17, 15) is 8.78 Å². The van der Waals surface area contributed by atoms with Crippen LogP contribution in [0, 0.1) is 23.0 Å². The number of methoxy groups -OCH3 is 1. The van der Waals surface area contributed by atoms with E-state index in [2.05, 4.69) is 5.32 Å². The van der Waals surface area contributed by atoms with Gasteiger partial charge in [0.2, 0.25) is 0 Å². The van der Waals surface area contributed by atoms with E-state index in [1.807, 2.05) is 0 Å². The molecule has 0 radical (unpaired) electrons. The van der Waals surface area contributed by atoms with Gasteiger partial charge in [-0.25, -0.2) is 8.78 Å². The predicted molar refractivity (Wildman–Crippen MR) is 60.7 cm³/mol. The van der Waals surface area contributed by atoms with Crippen molar-refractivity contribution in [1.29, 1.82) is 5.26 Å². The van der Waals surface area contributed by atoms with Crippen LogP contribution in [0.1, 0.15) is 18.4 Å². The van der Waals surface area contributed by atoms with Crippen LogP contribution >= 0.6 is 0 Å². The Morgan fingerprint density at radius 2 is 2.06 bits per heavy atom. The summed E-state index contributed by atoms with van der Waals surface area (Å²) in [5.41, 5.74) is -0.202. The zero-order chi connectivity index (χ0) is 12.7. The Hall–Kier alpha value is -1.67. The molecule has 0 heterocycles. The molecule has 0 spiro atoms. The third kappa shape index (κ3) is 3.68. The third-order valence-electron chi connectivity index (χ3n) is 2.29. The number of halogens is 2. The van der Waals surface area contributed by atoms with Gasteiger partial charge in [-0.15, -0.1) is 0 Å². The highest BCUT2D eigenvalue weighted by atomic mass is 19.2. The molecule has 0 fully saturated rings. The number of nitriles is 1. The van der Waals surface area contributed by atoms with Crippen molar-refractivity contribution in [1.82, 2.24) is 0 Å². The van der Waals surface area contributed by atoms with E-state index in [1.165, 1.54) is 12.1 Å². The van der Waals surface area contributed by atoms with E-state index >= 15 is 0 Å². The summed E-state index contributed by atoms with van der Waals surface area (Å²) in [5, 5.41) is 11.3. The molecular formula is C12H14F2N2O. The standard InChI is InChI=1S/C12H14F2N2O/c1-17-7-3-2-6-16-10-5-4-9(8-15)11(13)12(10)14/h4-5,16H,2-3,6-7H2,1H3. The van der Waals surface area contributed by atoms with Crippen molar-refractivity contribution in [3.8, 4) is 6.07 Å². The van der Waals surface area contributed by atoms with Crippen molar-refractivity contribution < 1.29 is 13.5 Å². The Morgan fingerprint density at radius 1 is 1.29 bits per heavy atom. The highest BCUT2D eigenvalue weighted by Crippen LogP contribution is 2.20. The fourth-order valence-electron chi connectivity index (χ4n) is 1.37. The number of benzene rings is 1. The van der Waals surface area contributed by atoms with Crippen molar-refractivity contribution in [3.63, 3.8) is 0 Å². The zero-order valence-corrected chi connectivity index (χ0v) is 9.59. The molecule has 0 aliphatic carbocycles. The minimum atomic E-state index is -1.10. The first-order valence-corrected chi connectivity index (χ1v) is 5.31. The molecule has 1 N–H and O–H groups in total. The maximum atomic E-state index is 13.4. The topological polar surface area (TPSA) is 45.0 Å². The fraction of sp³-hybridized carbons (Fsp3) is 0.417. The van der Waals surface area contributed by atoms with E-state index in [-0.39, 0.29) is 11.3 Å². The second-order valence-corrected chi connectivity index (χ2v) is 3.53. The van der Waals surface area contributed by atoms with Crippen LogP contribution in [0.3, 0.4) is 0 Å². The van der Waals surface area contributed by atoms with Gasteiger partial charge in [0.15, 0.2) is 11.6 Å². The van der Waals surface area contributed by atoms with Crippen LogP contribution in [-0.2, 0) is 4.74 Å². The Balaban J connectivity index is 2.55. The van der Waals surface area contributed by atoms with Gasteiger partial charge in [0.05, 0.1) is 11.3 Å². The van der Waals surface area contributed by atoms with Gasteiger partial charge in [-0.2, -0.15) is 5.26 Å². The van der Waals surface area contributed by atoms with E-state index in [4.69, 9.17) is 10.00 Å². The Morgan fingerprint density at radius 3 is 2.71 bits per heavy atom. The van der Waals surface area contributed by atoms with E-state index < -0.39 is 11.6 Å². The molecule has 0 atom stereocenters.